The molecule has 0 aliphatic heterocycles. The van der Waals surface area contributed by atoms with Crippen molar-refractivity contribution in [1.29, 1.82) is 0 Å². The lowest BCUT2D eigenvalue weighted by atomic mass is 10.2. The van der Waals surface area contributed by atoms with Crippen molar-refractivity contribution in [2.75, 3.05) is 13.2 Å². The van der Waals surface area contributed by atoms with Gasteiger partial charge in [0.1, 0.15) is 19.0 Å². The minimum Gasteiger partial charge on any atom is -0.491 e. The van der Waals surface area contributed by atoms with Crippen LogP contribution in [0.1, 0.15) is 5.56 Å². The van der Waals surface area contributed by atoms with Crippen LogP contribution in [0.2, 0.25) is 5.02 Å². The van der Waals surface area contributed by atoms with Gasteiger partial charge < -0.3 is 4.74 Å². The van der Waals surface area contributed by atoms with Gasteiger partial charge in [-0.2, -0.15) is 0 Å². The first-order chi connectivity index (χ1) is 10.6. The summed E-state index contributed by atoms with van der Waals surface area (Å²) in [7, 11) is -3.61. The predicted molar refractivity (Wildman–Crippen MR) is 85.1 cm³/mol. The van der Waals surface area contributed by atoms with Crippen LogP contribution in [0.3, 0.4) is 0 Å². The van der Waals surface area contributed by atoms with Crippen LogP contribution in [0, 0.1) is 0 Å². The van der Waals surface area contributed by atoms with E-state index >= 15 is 0 Å². The lowest BCUT2D eigenvalue weighted by molar-refractivity contribution is 0.0665. The average molecular weight is 342 g/mol. The second kappa shape index (κ2) is 8.14. The Morgan fingerprint density at radius 2 is 1.64 bits per heavy atom. The standard InChI is InChI=1S/C15H16ClNO4S/c16-15-9-5-4-6-13(15)12-22(18,19)17-21-11-10-20-14-7-2-1-3-8-14/h1-9,17H,10-12H2. The Labute approximate surface area is 134 Å². The van der Waals surface area contributed by atoms with E-state index in [1.54, 1.807) is 24.3 Å². The molecule has 0 amide bonds. The van der Waals surface area contributed by atoms with E-state index in [0.29, 0.717) is 16.3 Å². The zero-order chi connectivity index (χ0) is 15.8. The van der Waals surface area contributed by atoms with E-state index in [-0.39, 0.29) is 19.0 Å². The molecule has 0 fully saturated rings. The van der Waals surface area contributed by atoms with Gasteiger partial charge in [-0.1, -0.05) is 52.9 Å². The fourth-order valence-corrected chi connectivity index (χ4v) is 2.96. The predicted octanol–water partition coefficient (Wildman–Crippen LogP) is 2.77. The van der Waals surface area contributed by atoms with Gasteiger partial charge in [0.05, 0.1) is 5.75 Å². The number of hydrogen-bond acceptors (Lipinski definition) is 4. The molecular weight excluding hydrogens is 326 g/mol. The van der Waals surface area contributed by atoms with Gasteiger partial charge in [0.2, 0.25) is 10.0 Å². The summed E-state index contributed by atoms with van der Waals surface area (Å²) in [6.45, 7) is 0.329. The molecule has 2 aromatic carbocycles. The number of halogens is 1. The Bertz CT molecular complexity index is 692. The van der Waals surface area contributed by atoms with Crippen molar-refractivity contribution in [3.8, 4) is 5.75 Å². The molecule has 2 rings (SSSR count). The van der Waals surface area contributed by atoms with Crippen molar-refractivity contribution >= 4 is 21.6 Å². The second-order valence-corrected chi connectivity index (χ2v) is 6.54. The third-order valence-electron chi connectivity index (χ3n) is 2.69. The van der Waals surface area contributed by atoms with E-state index in [2.05, 4.69) is 4.89 Å². The van der Waals surface area contributed by atoms with Crippen LogP contribution >= 0.6 is 11.6 Å². The largest absolute Gasteiger partial charge is 0.491 e. The van der Waals surface area contributed by atoms with Crippen LogP contribution in [0.5, 0.6) is 5.75 Å². The molecule has 0 spiro atoms. The van der Waals surface area contributed by atoms with Crippen LogP contribution in [0.15, 0.2) is 54.6 Å². The lowest BCUT2D eigenvalue weighted by Gasteiger charge is -2.09. The van der Waals surface area contributed by atoms with Crippen molar-refractivity contribution in [3.63, 3.8) is 0 Å². The lowest BCUT2D eigenvalue weighted by Crippen LogP contribution is -2.27. The van der Waals surface area contributed by atoms with Gasteiger partial charge in [0, 0.05) is 5.02 Å². The third-order valence-corrected chi connectivity index (χ3v) is 4.12. The van der Waals surface area contributed by atoms with Crippen molar-refractivity contribution in [3.05, 3.63) is 65.2 Å². The Morgan fingerprint density at radius 1 is 0.955 bits per heavy atom. The average Bonchev–Trinajstić information content (AvgIpc) is 2.50. The Morgan fingerprint density at radius 3 is 2.36 bits per heavy atom. The quantitative estimate of drug-likeness (QED) is 0.592. The topological polar surface area (TPSA) is 64.6 Å². The Balaban J connectivity index is 1.73. The molecule has 5 nitrogen and oxygen atoms in total. The van der Waals surface area contributed by atoms with Gasteiger partial charge in [0.15, 0.2) is 0 Å². The molecule has 0 heterocycles. The summed E-state index contributed by atoms with van der Waals surface area (Å²) < 4.78 is 29.1. The van der Waals surface area contributed by atoms with Crippen molar-refractivity contribution in [2.24, 2.45) is 0 Å². The Kier molecular flexibility index (Phi) is 6.21. The maximum Gasteiger partial charge on any atom is 0.237 e. The molecule has 0 saturated heterocycles. The fraction of sp³-hybridized carbons (Fsp3) is 0.200. The molecular formula is C15H16ClNO4S. The van der Waals surface area contributed by atoms with Crippen LogP contribution < -0.4 is 9.62 Å². The number of para-hydroxylation sites is 1. The van der Waals surface area contributed by atoms with Crippen LogP contribution in [0.25, 0.3) is 0 Å². The minimum absolute atomic E-state index is 0.0939. The number of ether oxygens (including phenoxy) is 1. The maximum absolute atomic E-state index is 11.8. The Hall–Kier alpha value is -1.60. The number of nitrogens with one attached hydrogen (secondary N) is 1. The van der Waals surface area contributed by atoms with Crippen molar-refractivity contribution < 1.29 is 18.0 Å². The molecule has 0 aliphatic rings. The highest BCUT2D eigenvalue weighted by Gasteiger charge is 2.13. The zero-order valence-corrected chi connectivity index (χ0v) is 13.3. The van der Waals surface area contributed by atoms with E-state index in [0.717, 1.165) is 0 Å². The molecule has 0 unspecified atom stereocenters. The first-order valence-corrected chi connectivity index (χ1v) is 8.62. The van der Waals surface area contributed by atoms with Gasteiger partial charge in [-0.05, 0) is 23.8 Å². The number of sulfonamides is 1. The summed E-state index contributed by atoms with van der Waals surface area (Å²) in [5.41, 5.74) is 0.515. The van der Waals surface area contributed by atoms with Gasteiger partial charge in [0.25, 0.3) is 0 Å². The molecule has 0 atom stereocenters. The van der Waals surface area contributed by atoms with Crippen molar-refractivity contribution in [1.82, 2.24) is 4.89 Å². The van der Waals surface area contributed by atoms with Gasteiger partial charge in [-0.25, -0.2) is 8.42 Å². The monoisotopic (exact) mass is 341 g/mol. The molecule has 118 valence electrons. The molecule has 0 aromatic heterocycles. The highest BCUT2D eigenvalue weighted by atomic mass is 35.5. The molecule has 7 heteroatoms. The number of benzene rings is 2. The molecule has 2 aromatic rings. The van der Waals surface area contributed by atoms with E-state index in [1.807, 2.05) is 30.3 Å². The highest BCUT2D eigenvalue weighted by Crippen LogP contribution is 2.17. The minimum atomic E-state index is -3.61. The summed E-state index contributed by atoms with van der Waals surface area (Å²) in [5, 5.41) is 0.403. The van der Waals surface area contributed by atoms with Crippen LogP contribution in [-0.4, -0.2) is 21.6 Å². The van der Waals surface area contributed by atoms with Gasteiger partial charge in [-0.3, -0.25) is 4.84 Å². The number of hydrogen-bond donors (Lipinski definition) is 1. The van der Waals surface area contributed by atoms with E-state index < -0.39 is 10.0 Å². The molecule has 22 heavy (non-hydrogen) atoms. The SMILES string of the molecule is O=S(=O)(Cc1ccccc1Cl)NOCCOc1ccccc1. The normalized spacial score (nSPS) is 11.3. The molecule has 0 aliphatic carbocycles. The zero-order valence-electron chi connectivity index (χ0n) is 11.7. The molecule has 0 radical (unpaired) electrons. The smallest absolute Gasteiger partial charge is 0.237 e. The summed E-state index contributed by atoms with van der Waals surface area (Å²) in [6.07, 6.45) is 0. The summed E-state index contributed by atoms with van der Waals surface area (Å²) in [4.78, 5) is 6.98. The molecule has 0 saturated carbocycles. The van der Waals surface area contributed by atoms with Crippen LogP contribution in [-0.2, 0) is 20.6 Å². The summed E-state index contributed by atoms with van der Waals surface area (Å²) in [6, 6.07) is 16.0. The molecule has 1 N–H and O–H groups in total. The first-order valence-electron chi connectivity index (χ1n) is 6.59. The fourth-order valence-electron chi connectivity index (χ4n) is 1.70. The van der Waals surface area contributed by atoms with Gasteiger partial charge in [-0.15, -0.1) is 0 Å². The maximum atomic E-state index is 11.8. The highest BCUT2D eigenvalue weighted by molar-refractivity contribution is 7.88. The third kappa shape index (κ3) is 5.65. The second-order valence-electron chi connectivity index (χ2n) is 4.44. The summed E-state index contributed by atoms with van der Waals surface area (Å²) in [5.74, 6) is 0.455. The van der Waals surface area contributed by atoms with Gasteiger partial charge >= 0.3 is 0 Å². The molecule has 0 bridgehead atoms. The van der Waals surface area contributed by atoms with Crippen molar-refractivity contribution in [2.45, 2.75) is 5.75 Å². The van der Waals surface area contributed by atoms with Crippen LogP contribution in [0.4, 0.5) is 0 Å². The van der Waals surface area contributed by atoms with E-state index in [4.69, 9.17) is 21.2 Å². The summed E-state index contributed by atoms with van der Waals surface area (Å²) >= 11 is 5.93. The number of rotatable bonds is 8. The van der Waals surface area contributed by atoms with E-state index in [1.165, 1.54) is 0 Å². The first kappa shape index (κ1) is 16.8. The van der Waals surface area contributed by atoms with E-state index in [9.17, 15) is 8.42 Å².